The van der Waals surface area contributed by atoms with Gasteiger partial charge in [0.15, 0.2) is 0 Å². The molecule has 0 aliphatic rings. The SMILES string of the molecule is Fc1ccccc1N=Cc1ccccn1. The van der Waals surface area contributed by atoms with E-state index in [0.717, 1.165) is 0 Å². The molecule has 0 spiro atoms. The van der Waals surface area contributed by atoms with Crippen LogP contribution in [0.25, 0.3) is 0 Å². The van der Waals surface area contributed by atoms with Crippen molar-refractivity contribution in [1.29, 1.82) is 0 Å². The Balaban J connectivity index is 2.23. The number of para-hydroxylation sites is 1. The molecule has 1 aromatic heterocycles. The van der Waals surface area contributed by atoms with Gasteiger partial charge in [0, 0.05) is 6.20 Å². The molecule has 0 N–H and O–H groups in total. The van der Waals surface area contributed by atoms with Crippen molar-refractivity contribution in [2.75, 3.05) is 0 Å². The first-order chi connectivity index (χ1) is 7.36. The molecular weight excluding hydrogens is 191 g/mol. The summed E-state index contributed by atoms with van der Waals surface area (Å²) in [6, 6.07) is 11.9. The topological polar surface area (TPSA) is 25.2 Å². The van der Waals surface area contributed by atoms with Crippen molar-refractivity contribution in [3.05, 3.63) is 60.2 Å². The lowest BCUT2D eigenvalue weighted by Gasteiger charge is -1.94. The zero-order chi connectivity index (χ0) is 10.5. The molecule has 2 rings (SSSR count). The number of hydrogen-bond acceptors (Lipinski definition) is 2. The highest BCUT2D eigenvalue weighted by atomic mass is 19.1. The second-order valence-corrected chi connectivity index (χ2v) is 2.96. The van der Waals surface area contributed by atoms with Crippen molar-refractivity contribution in [3.63, 3.8) is 0 Å². The van der Waals surface area contributed by atoms with E-state index in [9.17, 15) is 4.39 Å². The van der Waals surface area contributed by atoms with E-state index in [1.165, 1.54) is 6.07 Å². The Kier molecular flexibility index (Phi) is 2.83. The molecule has 1 aromatic carbocycles. The molecule has 0 saturated heterocycles. The van der Waals surface area contributed by atoms with Crippen molar-refractivity contribution >= 4 is 11.9 Å². The predicted molar refractivity (Wildman–Crippen MR) is 57.9 cm³/mol. The third-order valence-corrected chi connectivity index (χ3v) is 1.88. The molecule has 0 aliphatic carbocycles. The summed E-state index contributed by atoms with van der Waals surface area (Å²) in [6.07, 6.45) is 3.21. The summed E-state index contributed by atoms with van der Waals surface area (Å²) in [6.45, 7) is 0. The van der Waals surface area contributed by atoms with Gasteiger partial charge in [-0.05, 0) is 24.3 Å². The fourth-order valence-corrected chi connectivity index (χ4v) is 1.14. The minimum absolute atomic E-state index is 0.322. The Morgan fingerprint density at radius 3 is 2.60 bits per heavy atom. The summed E-state index contributed by atoms with van der Waals surface area (Å²) < 4.78 is 13.2. The highest BCUT2D eigenvalue weighted by Crippen LogP contribution is 2.15. The molecule has 0 saturated carbocycles. The van der Waals surface area contributed by atoms with Crippen LogP contribution >= 0.6 is 0 Å². The largest absolute Gasteiger partial charge is 0.255 e. The normalized spacial score (nSPS) is 10.7. The molecule has 74 valence electrons. The average Bonchev–Trinajstić information content (AvgIpc) is 2.29. The molecular formula is C12H9FN2. The molecule has 0 aliphatic heterocycles. The highest BCUT2D eigenvalue weighted by molar-refractivity contribution is 5.79. The maximum atomic E-state index is 13.2. The Morgan fingerprint density at radius 2 is 1.87 bits per heavy atom. The van der Waals surface area contributed by atoms with Crippen LogP contribution in [-0.4, -0.2) is 11.2 Å². The number of nitrogens with zero attached hydrogens (tertiary/aromatic N) is 2. The van der Waals surface area contributed by atoms with E-state index >= 15 is 0 Å². The first kappa shape index (κ1) is 9.52. The van der Waals surface area contributed by atoms with Gasteiger partial charge in [0.05, 0.1) is 17.6 Å². The maximum Gasteiger partial charge on any atom is 0.148 e. The molecule has 0 unspecified atom stereocenters. The summed E-state index contributed by atoms with van der Waals surface area (Å²) in [7, 11) is 0. The van der Waals surface area contributed by atoms with Gasteiger partial charge in [0.2, 0.25) is 0 Å². The first-order valence-electron chi connectivity index (χ1n) is 4.56. The van der Waals surface area contributed by atoms with Gasteiger partial charge in [-0.2, -0.15) is 0 Å². The van der Waals surface area contributed by atoms with E-state index in [2.05, 4.69) is 9.98 Å². The fraction of sp³-hybridized carbons (Fsp3) is 0. The van der Waals surface area contributed by atoms with Crippen molar-refractivity contribution < 1.29 is 4.39 Å². The molecule has 0 atom stereocenters. The molecule has 0 radical (unpaired) electrons. The minimum Gasteiger partial charge on any atom is -0.255 e. The fourth-order valence-electron chi connectivity index (χ4n) is 1.14. The Morgan fingerprint density at radius 1 is 1.07 bits per heavy atom. The van der Waals surface area contributed by atoms with Crippen LogP contribution in [0, 0.1) is 5.82 Å². The molecule has 3 heteroatoms. The van der Waals surface area contributed by atoms with Crippen LogP contribution in [0.2, 0.25) is 0 Å². The van der Waals surface area contributed by atoms with Gasteiger partial charge in [-0.25, -0.2) is 4.39 Å². The van der Waals surface area contributed by atoms with Gasteiger partial charge < -0.3 is 0 Å². The van der Waals surface area contributed by atoms with Gasteiger partial charge in [0.25, 0.3) is 0 Å². The third kappa shape index (κ3) is 2.47. The van der Waals surface area contributed by atoms with E-state index in [1.54, 1.807) is 30.6 Å². The van der Waals surface area contributed by atoms with Crippen molar-refractivity contribution in [2.45, 2.75) is 0 Å². The summed E-state index contributed by atoms with van der Waals surface area (Å²) in [5.41, 5.74) is 1.03. The van der Waals surface area contributed by atoms with Crippen LogP contribution in [-0.2, 0) is 0 Å². The minimum atomic E-state index is -0.329. The van der Waals surface area contributed by atoms with E-state index in [-0.39, 0.29) is 5.82 Å². The molecule has 2 nitrogen and oxygen atoms in total. The van der Waals surface area contributed by atoms with Crippen LogP contribution in [0.5, 0.6) is 0 Å². The summed E-state index contributed by atoms with van der Waals surface area (Å²) in [5.74, 6) is -0.329. The summed E-state index contributed by atoms with van der Waals surface area (Å²) in [4.78, 5) is 8.07. The number of aromatic nitrogens is 1. The van der Waals surface area contributed by atoms with Crippen LogP contribution in [0.1, 0.15) is 5.69 Å². The van der Waals surface area contributed by atoms with E-state index in [4.69, 9.17) is 0 Å². The number of aliphatic imine (C=N–C) groups is 1. The number of pyridine rings is 1. The van der Waals surface area contributed by atoms with Gasteiger partial charge in [-0.1, -0.05) is 18.2 Å². The number of halogens is 1. The molecule has 2 aromatic rings. The smallest absolute Gasteiger partial charge is 0.148 e. The average molecular weight is 200 g/mol. The zero-order valence-corrected chi connectivity index (χ0v) is 7.97. The summed E-state index contributed by atoms with van der Waals surface area (Å²) in [5, 5.41) is 0. The van der Waals surface area contributed by atoms with Crippen molar-refractivity contribution in [3.8, 4) is 0 Å². The zero-order valence-electron chi connectivity index (χ0n) is 7.97. The monoisotopic (exact) mass is 200 g/mol. The van der Waals surface area contributed by atoms with Gasteiger partial charge in [-0.15, -0.1) is 0 Å². The Bertz CT molecular complexity index is 466. The van der Waals surface area contributed by atoms with Crippen LogP contribution < -0.4 is 0 Å². The molecule has 15 heavy (non-hydrogen) atoms. The van der Waals surface area contributed by atoms with Crippen molar-refractivity contribution in [2.24, 2.45) is 4.99 Å². The van der Waals surface area contributed by atoms with E-state index < -0.39 is 0 Å². The molecule has 0 amide bonds. The highest BCUT2D eigenvalue weighted by Gasteiger charge is 1.96. The molecule has 0 fully saturated rings. The molecule has 1 heterocycles. The van der Waals surface area contributed by atoms with Gasteiger partial charge in [-0.3, -0.25) is 9.98 Å². The standard InChI is InChI=1S/C12H9FN2/c13-11-6-1-2-7-12(11)15-9-10-5-3-4-8-14-10/h1-9H. The second-order valence-electron chi connectivity index (χ2n) is 2.96. The lowest BCUT2D eigenvalue weighted by molar-refractivity contribution is 0.630. The van der Waals surface area contributed by atoms with Crippen molar-refractivity contribution in [1.82, 2.24) is 4.98 Å². The van der Waals surface area contributed by atoms with Crippen LogP contribution in [0.4, 0.5) is 10.1 Å². The third-order valence-electron chi connectivity index (χ3n) is 1.88. The van der Waals surface area contributed by atoms with Crippen LogP contribution in [0.15, 0.2) is 53.7 Å². The van der Waals surface area contributed by atoms with E-state index in [1.807, 2.05) is 18.2 Å². The Hall–Kier alpha value is -2.03. The lowest BCUT2D eigenvalue weighted by atomic mass is 10.3. The lowest BCUT2D eigenvalue weighted by Crippen LogP contribution is -1.84. The summed E-state index contributed by atoms with van der Waals surface area (Å²) >= 11 is 0. The molecule has 0 bridgehead atoms. The number of rotatable bonds is 2. The maximum absolute atomic E-state index is 13.2. The number of benzene rings is 1. The predicted octanol–water partition coefficient (Wildman–Crippen LogP) is 2.97. The Labute approximate surface area is 87.1 Å². The number of hydrogen-bond donors (Lipinski definition) is 0. The second kappa shape index (κ2) is 4.46. The van der Waals surface area contributed by atoms with E-state index in [0.29, 0.717) is 11.4 Å². The van der Waals surface area contributed by atoms with Crippen LogP contribution in [0.3, 0.4) is 0 Å². The first-order valence-corrected chi connectivity index (χ1v) is 4.56. The quantitative estimate of drug-likeness (QED) is 0.684. The van der Waals surface area contributed by atoms with Gasteiger partial charge >= 0.3 is 0 Å². The van der Waals surface area contributed by atoms with Gasteiger partial charge in [0.1, 0.15) is 5.82 Å².